The van der Waals surface area contributed by atoms with Gasteiger partial charge in [-0.3, -0.25) is 0 Å². The first-order valence-corrected chi connectivity index (χ1v) is 7.79. The van der Waals surface area contributed by atoms with Gasteiger partial charge in [0.2, 0.25) is 0 Å². The Hall–Kier alpha value is -0.580. The Morgan fingerprint density at radius 1 is 1.42 bits per heavy atom. The molecule has 1 unspecified atom stereocenters. The highest BCUT2D eigenvalue weighted by atomic mass is 79.9. The summed E-state index contributed by atoms with van der Waals surface area (Å²) in [6, 6.07) is 5.82. The summed E-state index contributed by atoms with van der Waals surface area (Å²) < 4.78 is 6.38. The molecule has 1 aliphatic rings. The lowest BCUT2D eigenvalue weighted by molar-refractivity contribution is 0.0653. The zero-order valence-electron chi connectivity index (χ0n) is 11.4. The van der Waals surface area contributed by atoms with Crippen molar-refractivity contribution in [2.75, 3.05) is 19.8 Å². The Labute approximate surface area is 123 Å². The van der Waals surface area contributed by atoms with Crippen LogP contribution < -0.4 is 5.32 Å². The maximum absolute atomic E-state index is 9.99. The van der Waals surface area contributed by atoms with Crippen LogP contribution in [0, 0.1) is 5.92 Å². The Bertz CT molecular complexity index is 405. The van der Waals surface area contributed by atoms with E-state index >= 15 is 0 Å². The molecule has 0 spiro atoms. The third-order valence-corrected chi connectivity index (χ3v) is 4.26. The molecule has 1 atom stereocenters. The SMILES string of the molecule is CCC(NCC1CCOCC1)c1cc(Br)ccc1O. The zero-order valence-corrected chi connectivity index (χ0v) is 12.9. The van der Waals surface area contributed by atoms with E-state index < -0.39 is 0 Å². The number of phenolic OH excluding ortho intramolecular Hbond substituents is 1. The summed E-state index contributed by atoms with van der Waals surface area (Å²) in [5.41, 5.74) is 0.976. The van der Waals surface area contributed by atoms with Crippen molar-refractivity contribution in [3.05, 3.63) is 28.2 Å². The van der Waals surface area contributed by atoms with Gasteiger partial charge in [-0.25, -0.2) is 0 Å². The lowest BCUT2D eigenvalue weighted by Gasteiger charge is -2.26. The van der Waals surface area contributed by atoms with Crippen molar-refractivity contribution < 1.29 is 9.84 Å². The van der Waals surface area contributed by atoms with Crippen molar-refractivity contribution in [2.24, 2.45) is 5.92 Å². The van der Waals surface area contributed by atoms with Crippen LogP contribution in [-0.2, 0) is 4.74 Å². The van der Waals surface area contributed by atoms with Crippen LogP contribution in [-0.4, -0.2) is 24.9 Å². The van der Waals surface area contributed by atoms with Gasteiger partial charge in [0, 0.05) is 29.3 Å². The predicted octanol–water partition coefficient (Wildman–Crippen LogP) is 3.62. The molecule has 1 saturated heterocycles. The number of halogens is 1. The van der Waals surface area contributed by atoms with Gasteiger partial charge >= 0.3 is 0 Å². The molecule has 3 nitrogen and oxygen atoms in total. The van der Waals surface area contributed by atoms with Gasteiger partial charge < -0.3 is 15.2 Å². The first-order valence-electron chi connectivity index (χ1n) is 7.00. The third-order valence-electron chi connectivity index (χ3n) is 3.77. The van der Waals surface area contributed by atoms with Crippen LogP contribution >= 0.6 is 15.9 Å². The van der Waals surface area contributed by atoms with Crippen LogP contribution in [0.2, 0.25) is 0 Å². The molecular formula is C15H22BrNO2. The van der Waals surface area contributed by atoms with E-state index in [-0.39, 0.29) is 6.04 Å². The highest BCUT2D eigenvalue weighted by molar-refractivity contribution is 9.10. The van der Waals surface area contributed by atoms with Crippen LogP contribution in [0.25, 0.3) is 0 Å². The van der Waals surface area contributed by atoms with Crippen molar-refractivity contribution in [1.29, 1.82) is 0 Å². The Morgan fingerprint density at radius 3 is 2.84 bits per heavy atom. The molecule has 19 heavy (non-hydrogen) atoms. The van der Waals surface area contributed by atoms with Crippen LogP contribution in [0.5, 0.6) is 5.75 Å². The number of nitrogens with one attached hydrogen (secondary N) is 1. The van der Waals surface area contributed by atoms with E-state index in [9.17, 15) is 5.11 Å². The molecule has 1 fully saturated rings. The second kappa shape index (κ2) is 7.27. The zero-order chi connectivity index (χ0) is 13.7. The normalized spacial score (nSPS) is 18.4. The minimum absolute atomic E-state index is 0.209. The average molecular weight is 328 g/mol. The lowest BCUT2D eigenvalue weighted by atomic mass is 9.98. The minimum atomic E-state index is 0.209. The van der Waals surface area contributed by atoms with Crippen molar-refractivity contribution in [3.63, 3.8) is 0 Å². The number of hydrogen-bond donors (Lipinski definition) is 2. The molecule has 0 bridgehead atoms. The summed E-state index contributed by atoms with van der Waals surface area (Å²) in [6.07, 6.45) is 3.23. The summed E-state index contributed by atoms with van der Waals surface area (Å²) in [7, 11) is 0. The molecule has 0 saturated carbocycles. The molecule has 106 valence electrons. The van der Waals surface area contributed by atoms with E-state index in [0.717, 1.165) is 49.1 Å². The van der Waals surface area contributed by atoms with Crippen LogP contribution in [0.1, 0.15) is 37.8 Å². The average Bonchev–Trinajstić information content (AvgIpc) is 2.44. The maximum Gasteiger partial charge on any atom is 0.120 e. The third kappa shape index (κ3) is 4.20. The van der Waals surface area contributed by atoms with Gasteiger partial charge in [-0.1, -0.05) is 22.9 Å². The van der Waals surface area contributed by atoms with Crippen molar-refractivity contribution in [1.82, 2.24) is 5.32 Å². The molecular weight excluding hydrogens is 306 g/mol. The fourth-order valence-electron chi connectivity index (χ4n) is 2.54. The first kappa shape index (κ1) is 14.8. The molecule has 2 N–H and O–H groups in total. The van der Waals surface area contributed by atoms with Crippen molar-refractivity contribution >= 4 is 15.9 Å². The molecule has 0 radical (unpaired) electrons. The summed E-state index contributed by atoms with van der Waals surface area (Å²) >= 11 is 3.47. The van der Waals surface area contributed by atoms with E-state index in [1.165, 1.54) is 0 Å². The summed E-state index contributed by atoms with van der Waals surface area (Å²) in [6.45, 7) is 4.90. The van der Waals surface area contributed by atoms with Crippen molar-refractivity contribution in [2.45, 2.75) is 32.2 Å². The molecule has 2 rings (SSSR count). The van der Waals surface area contributed by atoms with Crippen molar-refractivity contribution in [3.8, 4) is 5.75 Å². The molecule has 1 heterocycles. The van der Waals surface area contributed by atoms with Gasteiger partial charge in [-0.05, 0) is 49.9 Å². The molecule has 4 heteroatoms. The number of rotatable bonds is 5. The minimum Gasteiger partial charge on any atom is -0.508 e. The number of ether oxygens (including phenoxy) is 1. The highest BCUT2D eigenvalue weighted by Crippen LogP contribution is 2.29. The first-order chi connectivity index (χ1) is 9.20. The maximum atomic E-state index is 9.99. The Balaban J connectivity index is 1.97. The van der Waals surface area contributed by atoms with Gasteiger partial charge in [0.05, 0.1) is 0 Å². The molecule has 1 aliphatic heterocycles. The summed E-state index contributed by atoms with van der Waals surface area (Å²) in [5.74, 6) is 1.06. The standard InChI is InChI=1S/C15H22BrNO2/c1-2-14(13-9-12(16)3-4-15(13)18)17-10-11-5-7-19-8-6-11/h3-4,9,11,14,17-18H,2,5-8,10H2,1H3. The van der Waals surface area contributed by atoms with E-state index in [1.54, 1.807) is 6.07 Å². The lowest BCUT2D eigenvalue weighted by Crippen LogP contribution is -2.30. The quantitative estimate of drug-likeness (QED) is 0.867. The van der Waals surface area contributed by atoms with E-state index in [4.69, 9.17) is 4.74 Å². The van der Waals surface area contributed by atoms with E-state index in [0.29, 0.717) is 11.7 Å². The number of aromatic hydroxyl groups is 1. The fourth-order valence-corrected chi connectivity index (χ4v) is 2.92. The molecule has 0 aromatic heterocycles. The smallest absolute Gasteiger partial charge is 0.120 e. The highest BCUT2D eigenvalue weighted by Gasteiger charge is 2.18. The predicted molar refractivity (Wildman–Crippen MR) is 80.4 cm³/mol. The Kier molecular flexibility index (Phi) is 5.67. The topological polar surface area (TPSA) is 41.5 Å². The second-order valence-electron chi connectivity index (χ2n) is 5.13. The van der Waals surface area contributed by atoms with E-state index in [2.05, 4.69) is 28.2 Å². The number of hydrogen-bond acceptors (Lipinski definition) is 3. The summed E-state index contributed by atoms with van der Waals surface area (Å²) in [5, 5.41) is 13.6. The van der Waals surface area contributed by atoms with Gasteiger partial charge in [-0.2, -0.15) is 0 Å². The van der Waals surface area contributed by atoms with Gasteiger partial charge in [0.15, 0.2) is 0 Å². The Morgan fingerprint density at radius 2 is 2.16 bits per heavy atom. The number of benzene rings is 1. The monoisotopic (exact) mass is 327 g/mol. The van der Waals surface area contributed by atoms with Crippen LogP contribution in [0.4, 0.5) is 0 Å². The van der Waals surface area contributed by atoms with Crippen LogP contribution in [0.3, 0.4) is 0 Å². The second-order valence-corrected chi connectivity index (χ2v) is 6.04. The van der Waals surface area contributed by atoms with E-state index in [1.807, 2.05) is 12.1 Å². The largest absolute Gasteiger partial charge is 0.508 e. The molecule has 1 aromatic carbocycles. The van der Waals surface area contributed by atoms with Crippen LogP contribution in [0.15, 0.2) is 22.7 Å². The fraction of sp³-hybridized carbons (Fsp3) is 0.600. The van der Waals surface area contributed by atoms with Gasteiger partial charge in [0.25, 0.3) is 0 Å². The molecule has 0 aliphatic carbocycles. The number of phenols is 1. The van der Waals surface area contributed by atoms with Gasteiger partial charge in [0.1, 0.15) is 5.75 Å². The molecule has 1 aromatic rings. The summed E-state index contributed by atoms with van der Waals surface area (Å²) in [4.78, 5) is 0. The van der Waals surface area contributed by atoms with Gasteiger partial charge in [-0.15, -0.1) is 0 Å². The molecule has 0 amide bonds.